The molecule has 0 unspecified atom stereocenters. The van der Waals surface area contributed by atoms with Crippen molar-refractivity contribution in [2.75, 3.05) is 20.2 Å². The number of carbonyl (C=O) groups excluding carboxylic acids is 1. The molecule has 1 rings (SSSR count). The largest absolute Gasteiger partial charge is 0.482 e. The smallest absolute Gasteiger partial charge is 0.260 e. The van der Waals surface area contributed by atoms with Gasteiger partial charge in [-0.1, -0.05) is 13.8 Å². The first-order chi connectivity index (χ1) is 9.90. The fourth-order valence-electron chi connectivity index (χ4n) is 1.62. The van der Waals surface area contributed by atoms with E-state index in [1.54, 1.807) is 18.1 Å². The fraction of sp³-hybridized carbons (Fsp3) is 0.625. The molecule has 0 atom stereocenters. The Kier molecular flexibility index (Phi) is 7.15. The molecule has 21 heavy (non-hydrogen) atoms. The topological polar surface area (TPSA) is 54.5 Å². The van der Waals surface area contributed by atoms with Crippen molar-refractivity contribution in [3.05, 3.63) is 24.0 Å². The molecular weight excluding hydrogens is 266 g/mol. The highest BCUT2D eigenvalue weighted by atomic mass is 16.5. The third-order valence-electron chi connectivity index (χ3n) is 3.19. The highest BCUT2D eigenvalue weighted by Gasteiger charge is 2.12. The van der Waals surface area contributed by atoms with Crippen LogP contribution in [-0.4, -0.2) is 42.0 Å². The Morgan fingerprint density at radius 2 is 2.05 bits per heavy atom. The first kappa shape index (κ1) is 17.4. The summed E-state index contributed by atoms with van der Waals surface area (Å²) < 4.78 is 5.46. The molecule has 0 radical (unpaired) electrons. The molecule has 5 nitrogen and oxygen atoms in total. The number of pyridine rings is 1. The van der Waals surface area contributed by atoms with Gasteiger partial charge in [0.15, 0.2) is 6.61 Å². The molecule has 1 aromatic rings. The Hall–Kier alpha value is -1.62. The first-order valence-corrected chi connectivity index (χ1v) is 7.44. The summed E-state index contributed by atoms with van der Waals surface area (Å²) in [7, 11) is 1.78. The molecule has 0 aliphatic carbocycles. The average Bonchev–Trinajstić information content (AvgIpc) is 2.44. The van der Waals surface area contributed by atoms with Crippen molar-refractivity contribution in [2.45, 2.75) is 40.3 Å². The van der Waals surface area contributed by atoms with Gasteiger partial charge in [0.05, 0.1) is 11.9 Å². The Morgan fingerprint density at radius 1 is 1.33 bits per heavy atom. The van der Waals surface area contributed by atoms with Gasteiger partial charge >= 0.3 is 0 Å². The number of carbonyl (C=O) groups is 1. The normalized spacial score (nSPS) is 11.0. The van der Waals surface area contributed by atoms with E-state index in [9.17, 15) is 4.79 Å². The Balaban J connectivity index is 2.39. The van der Waals surface area contributed by atoms with E-state index in [-0.39, 0.29) is 18.6 Å². The van der Waals surface area contributed by atoms with Crippen molar-refractivity contribution in [3.63, 3.8) is 0 Å². The van der Waals surface area contributed by atoms with Crippen molar-refractivity contribution >= 4 is 5.91 Å². The monoisotopic (exact) mass is 293 g/mol. The SMILES string of the molecule is CC(C)CNCc1ccc(OCC(=O)N(C)C(C)C)cn1. The van der Waals surface area contributed by atoms with Crippen molar-refractivity contribution < 1.29 is 9.53 Å². The van der Waals surface area contributed by atoms with Gasteiger partial charge in [0.25, 0.3) is 5.91 Å². The standard InChI is InChI=1S/C16H27N3O2/c1-12(2)8-17-9-14-6-7-15(10-18-14)21-11-16(20)19(5)13(3)4/h6-7,10,12-13,17H,8-9,11H2,1-5H3. The summed E-state index contributed by atoms with van der Waals surface area (Å²) in [5.41, 5.74) is 0.966. The summed E-state index contributed by atoms with van der Waals surface area (Å²) >= 11 is 0. The number of rotatable bonds is 8. The maximum atomic E-state index is 11.8. The van der Waals surface area contributed by atoms with Crippen LogP contribution in [0.1, 0.15) is 33.4 Å². The van der Waals surface area contributed by atoms with Gasteiger partial charge in [0.2, 0.25) is 0 Å². The van der Waals surface area contributed by atoms with Crippen LogP contribution in [0.4, 0.5) is 0 Å². The number of hydrogen-bond donors (Lipinski definition) is 1. The molecule has 0 fully saturated rings. The second-order valence-electron chi connectivity index (χ2n) is 5.90. The van der Waals surface area contributed by atoms with Gasteiger partial charge < -0.3 is 15.0 Å². The Labute approximate surface area is 127 Å². The van der Waals surface area contributed by atoms with E-state index in [1.807, 2.05) is 26.0 Å². The summed E-state index contributed by atoms with van der Waals surface area (Å²) in [5.74, 6) is 1.21. The zero-order valence-corrected chi connectivity index (χ0v) is 13.7. The third kappa shape index (κ3) is 6.58. The molecule has 0 aliphatic rings. The second-order valence-corrected chi connectivity index (χ2v) is 5.90. The van der Waals surface area contributed by atoms with Crippen LogP contribution in [0.3, 0.4) is 0 Å². The summed E-state index contributed by atoms with van der Waals surface area (Å²) in [6.07, 6.45) is 1.66. The van der Waals surface area contributed by atoms with Crippen LogP contribution in [0.25, 0.3) is 0 Å². The number of ether oxygens (including phenoxy) is 1. The molecule has 1 N–H and O–H groups in total. The van der Waals surface area contributed by atoms with Crippen LogP contribution >= 0.6 is 0 Å². The number of aromatic nitrogens is 1. The molecule has 1 heterocycles. The Morgan fingerprint density at radius 3 is 2.57 bits per heavy atom. The second kappa shape index (κ2) is 8.62. The van der Waals surface area contributed by atoms with E-state index >= 15 is 0 Å². The number of nitrogens with zero attached hydrogens (tertiary/aromatic N) is 2. The van der Waals surface area contributed by atoms with Crippen LogP contribution in [0, 0.1) is 5.92 Å². The lowest BCUT2D eigenvalue weighted by Crippen LogP contribution is -2.36. The first-order valence-electron chi connectivity index (χ1n) is 7.44. The van der Waals surface area contributed by atoms with Crippen LogP contribution in [0.5, 0.6) is 5.75 Å². The fourth-order valence-corrected chi connectivity index (χ4v) is 1.62. The third-order valence-corrected chi connectivity index (χ3v) is 3.19. The minimum atomic E-state index is -0.0346. The molecule has 0 saturated carbocycles. The van der Waals surface area contributed by atoms with Crippen LogP contribution in [0.15, 0.2) is 18.3 Å². The van der Waals surface area contributed by atoms with Gasteiger partial charge in [-0.2, -0.15) is 0 Å². The van der Waals surface area contributed by atoms with Gasteiger partial charge in [0, 0.05) is 19.6 Å². The quantitative estimate of drug-likeness (QED) is 0.797. The van der Waals surface area contributed by atoms with Crippen molar-refractivity contribution in [1.82, 2.24) is 15.2 Å². The number of hydrogen-bond acceptors (Lipinski definition) is 4. The molecule has 0 aliphatic heterocycles. The molecule has 0 spiro atoms. The van der Waals surface area contributed by atoms with Crippen molar-refractivity contribution in [2.24, 2.45) is 5.92 Å². The van der Waals surface area contributed by atoms with E-state index in [1.165, 1.54) is 0 Å². The Bertz CT molecular complexity index is 430. The number of nitrogens with one attached hydrogen (secondary N) is 1. The predicted molar refractivity (Wildman–Crippen MR) is 84.2 cm³/mol. The molecule has 1 amide bonds. The van der Waals surface area contributed by atoms with Crippen LogP contribution in [-0.2, 0) is 11.3 Å². The van der Waals surface area contributed by atoms with E-state index in [2.05, 4.69) is 24.1 Å². The summed E-state index contributed by atoms with van der Waals surface area (Å²) in [6, 6.07) is 3.94. The highest BCUT2D eigenvalue weighted by Crippen LogP contribution is 2.09. The maximum absolute atomic E-state index is 11.8. The van der Waals surface area contributed by atoms with E-state index in [0.29, 0.717) is 11.7 Å². The van der Waals surface area contributed by atoms with E-state index < -0.39 is 0 Å². The molecule has 5 heteroatoms. The van der Waals surface area contributed by atoms with Gasteiger partial charge in [-0.15, -0.1) is 0 Å². The minimum absolute atomic E-state index is 0.0346. The van der Waals surface area contributed by atoms with Gasteiger partial charge in [-0.25, -0.2) is 0 Å². The average molecular weight is 293 g/mol. The van der Waals surface area contributed by atoms with Gasteiger partial charge in [-0.3, -0.25) is 9.78 Å². The van der Waals surface area contributed by atoms with E-state index in [0.717, 1.165) is 18.8 Å². The van der Waals surface area contributed by atoms with Crippen LogP contribution in [0.2, 0.25) is 0 Å². The summed E-state index contributed by atoms with van der Waals surface area (Å²) in [6.45, 7) is 10.0. The molecule has 0 saturated heterocycles. The molecular formula is C16H27N3O2. The zero-order chi connectivity index (χ0) is 15.8. The number of likely N-dealkylation sites (N-methyl/N-ethyl adjacent to an activating group) is 1. The molecule has 0 bridgehead atoms. The lowest BCUT2D eigenvalue weighted by Gasteiger charge is -2.21. The zero-order valence-electron chi connectivity index (χ0n) is 13.7. The van der Waals surface area contributed by atoms with Crippen LogP contribution < -0.4 is 10.1 Å². The lowest BCUT2D eigenvalue weighted by molar-refractivity contribution is -0.133. The van der Waals surface area contributed by atoms with E-state index in [4.69, 9.17) is 4.74 Å². The minimum Gasteiger partial charge on any atom is -0.482 e. The summed E-state index contributed by atoms with van der Waals surface area (Å²) in [4.78, 5) is 17.8. The molecule has 0 aromatic carbocycles. The highest BCUT2D eigenvalue weighted by molar-refractivity contribution is 5.77. The molecule has 118 valence electrons. The van der Waals surface area contributed by atoms with Crippen molar-refractivity contribution in [3.8, 4) is 5.75 Å². The van der Waals surface area contributed by atoms with Crippen molar-refractivity contribution in [1.29, 1.82) is 0 Å². The lowest BCUT2D eigenvalue weighted by atomic mass is 10.2. The maximum Gasteiger partial charge on any atom is 0.260 e. The van der Waals surface area contributed by atoms with Gasteiger partial charge in [0.1, 0.15) is 5.75 Å². The predicted octanol–water partition coefficient (Wildman–Crippen LogP) is 2.07. The summed E-state index contributed by atoms with van der Waals surface area (Å²) in [5, 5.41) is 3.33. The van der Waals surface area contributed by atoms with Gasteiger partial charge in [-0.05, 0) is 38.4 Å². The molecule has 1 aromatic heterocycles. The number of amides is 1.